The lowest BCUT2D eigenvalue weighted by Crippen LogP contribution is -2.17. The van der Waals surface area contributed by atoms with E-state index in [1.807, 2.05) is 82.3 Å². The summed E-state index contributed by atoms with van der Waals surface area (Å²) in [5.41, 5.74) is 5.70. The first-order valence-electron chi connectivity index (χ1n) is 11.9. The first kappa shape index (κ1) is 24.9. The molecule has 2 heterocycles. The van der Waals surface area contributed by atoms with E-state index in [0.717, 1.165) is 39.2 Å². The topological polar surface area (TPSA) is 78.9 Å². The number of rotatable bonds is 4. The average Bonchev–Trinajstić information content (AvgIpc) is 2.89. The number of nitriles is 1. The van der Waals surface area contributed by atoms with Crippen molar-refractivity contribution in [2.75, 3.05) is 5.32 Å². The van der Waals surface area contributed by atoms with Crippen molar-refractivity contribution in [3.05, 3.63) is 94.9 Å². The minimum absolute atomic E-state index is 0.0644. The molecule has 1 N–H and O–H groups in total. The van der Waals surface area contributed by atoms with Crippen LogP contribution in [0.15, 0.2) is 84.0 Å². The van der Waals surface area contributed by atoms with Crippen molar-refractivity contribution in [2.45, 2.75) is 33.7 Å². The van der Waals surface area contributed by atoms with Gasteiger partial charge in [-0.25, -0.2) is 9.97 Å². The number of nitrogens with one attached hydrogen (secondary N) is 1. The van der Waals surface area contributed by atoms with Crippen LogP contribution in [0, 0.1) is 11.3 Å². The van der Waals surface area contributed by atoms with Crippen LogP contribution in [0.3, 0.4) is 0 Å². The molecule has 0 saturated carbocycles. The van der Waals surface area contributed by atoms with Crippen LogP contribution in [0.25, 0.3) is 28.1 Å². The number of halogens is 1. The Bertz CT molecular complexity index is 1580. The predicted molar refractivity (Wildman–Crippen MR) is 147 cm³/mol. The largest absolute Gasteiger partial charge is 0.337 e. The zero-order valence-corrected chi connectivity index (χ0v) is 21.5. The number of fused-ring (bicyclic) bond motifs is 2. The molecular formula is C29H27ClN6. The maximum atomic E-state index is 9.50. The van der Waals surface area contributed by atoms with E-state index >= 15 is 0 Å². The summed E-state index contributed by atoms with van der Waals surface area (Å²) in [6.45, 7) is 8.06. The average molecular weight is 495 g/mol. The van der Waals surface area contributed by atoms with E-state index in [1.165, 1.54) is 0 Å². The van der Waals surface area contributed by atoms with Crippen molar-refractivity contribution in [3.63, 3.8) is 0 Å². The summed E-state index contributed by atoms with van der Waals surface area (Å²) in [6.07, 6.45) is 1.66. The quantitative estimate of drug-likeness (QED) is 0.269. The highest BCUT2D eigenvalue weighted by Gasteiger charge is 2.17. The number of nitrogens with zero attached hydrogens (tertiary/aromatic N) is 5. The smallest absolute Gasteiger partial charge is 0.148 e. The third-order valence-electron chi connectivity index (χ3n) is 5.36. The van der Waals surface area contributed by atoms with Gasteiger partial charge in [0.2, 0.25) is 0 Å². The second kappa shape index (κ2) is 11.0. The van der Waals surface area contributed by atoms with Crippen LogP contribution in [-0.4, -0.2) is 20.6 Å². The molecule has 5 rings (SSSR count). The van der Waals surface area contributed by atoms with Crippen molar-refractivity contribution >= 4 is 34.1 Å². The first-order chi connectivity index (χ1) is 17.5. The van der Waals surface area contributed by atoms with Gasteiger partial charge in [0, 0.05) is 22.9 Å². The molecule has 0 saturated heterocycles. The maximum Gasteiger partial charge on any atom is 0.148 e. The number of benzene rings is 3. The van der Waals surface area contributed by atoms with Crippen LogP contribution in [0.1, 0.15) is 33.3 Å². The maximum absolute atomic E-state index is 9.50. The second-order valence-electron chi connectivity index (χ2n) is 8.13. The molecule has 0 fully saturated rings. The Balaban J connectivity index is 0.00000148. The number of para-hydroxylation sites is 2. The van der Waals surface area contributed by atoms with Gasteiger partial charge in [0.15, 0.2) is 0 Å². The molecule has 0 radical (unpaired) electrons. The molecule has 0 amide bonds. The Morgan fingerprint density at radius 2 is 1.75 bits per heavy atom. The number of pyridine rings is 1. The van der Waals surface area contributed by atoms with Gasteiger partial charge in [-0.15, -0.1) is 0 Å². The van der Waals surface area contributed by atoms with Gasteiger partial charge >= 0.3 is 0 Å². The lowest BCUT2D eigenvalue weighted by atomic mass is 10.1. The number of hydrogen-bond acceptors (Lipinski definition) is 5. The van der Waals surface area contributed by atoms with E-state index in [1.54, 1.807) is 18.3 Å². The molecular weight excluding hydrogens is 468 g/mol. The van der Waals surface area contributed by atoms with Gasteiger partial charge in [0.25, 0.3) is 0 Å². The lowest BCUT2D eigenvalue weighted by molar-refractivity contribution is 0.805. The van der Waals surface area contributed by atoms with Crippen LogP contribution in [0.5, 0.6) is 0 Å². The minimum atomic E-state index is 0.0644. The normalized spacial score (nSPS) is 11.3. The van der Waals surface area contributed by atoms with Gasteiger partial charge < -0.3 is 9.88 Å². The number of aromatic nitrogens is 3. The van der Waals surface area contributed by atoms with Crippen molar-refractivity contribution in [1.82, 2.24) is 14.5 Å². The minimum Gasteiger partial charge on any atom is -0.337 e. The summed E-state index contributed by atoms with van der Waals surface area (Å²) >= 11 is 6.17. The van der Waals surface area contributed by atoms with E-state index in [-0.39, 0.29) is 6.04 Å². The fourth-order valence-corrected chi connectivity index (χ4v) is 4.04. The molecule has 2 aliphatic rings. The van der Waals surface area contributed by atoms with Crippen LogP contribution < -0.4 is 10.7 Å². The monoisotopic (exact) mass is 494 g/mol. The predicted octanol–water partition coefficient (Wildman–Crippen LogP) is 7.13. The number of anilines is 2. The third kappa shape index (κ3) is 5.07. The van der Waals surface area contributed by atoms with Gasteiger partial charge in [-0.3, -0.25) is 4.99 Å². The van der Waals surface area contributed by atoms with E-state index in [0.29, 0.717) is 16.4 Å². The summed E-state index contributed by atoms with van der Waals surface area (Å²) in [4.78, 5) is 14.1. The molecule has 6 nitrogen and oxygen atoms in total. The Labute approximate surface area is 215 Å². The lowest BCUT2D eigenvalue weighted by Gasteiger charge is -2.20. The Kier molecular flexibility index (Phi) is 7.62. The molecule has 0 spiro atoms. The highest BCUT2D eigenvalue weighted by atomic mass is 35.5. The second-order valence-corrected chi connectivity index (χ2v) is 8.57. The molecule has 1 aromatic heterocycles. The van der Waals surface area contributed by atoms with Crippen molar-refractivity contribution in [3.8, 4) is 23.1 Å². The van der Waals surface area contributed by atoms with E-state index in [2.05, 4.69) is 27.0 Å². The molecule has 180 valence electrons. The molecule has 2 aromatic carbocycles. The summed E-state index contributed by atoms with van der Waals surface area (Å²) < 4.78 is 2.17. The molecule has 0 unspecified atom stereocenters. The Hall–Kier alpha value is -4.21. The van der Waals surface area contributed by atoms with Crippen LogP contribution in [-0.2, 0) is 0 Å². The number of hydrogen-bond donors (Lipinski definition) is 1. The van der Waals surface area contributed by atoms with E-state index in [4.69, 9.17) is 21.6 Å². The first-order valence-corrected chi connectivity index (χ1v) is 12.3. The van der Waals surface area contributed by atoms with Gasteiger partial charge in [-0.1, -0.05) is 37.6 Å². The summed E-state index contributed by atoms with van der Waals surface area (Å²) in [5, 5.41) is 14.3. The fourth-order valence-electron chi connectivity index (χ4n) is 3.92. The molecule has 0 atom stereocenters. The van der Waals surface area contributed by atoms with Crippen molar-refractivity contribution in [1.29, 1.82) is 5.26 Å². The fraction of sp³-hybridized carbons (Fsp3) is 0.172. The van der Waals surface area contributed by atoms with Crippen molar-refractivity contribution in [2.24, 2.45) is 4.99 Å². The summed E-state index contributed by atoms with van der Waals surface area (Å²) in [7, 11) is 0. The van der Waals surface area contributed by atoms with Crippen molar-refractivity contribution < 1.29 is 0 Å². The zero-order chi connectivity index (χ0) is 25.7. The summed E-state index contributed by atoms with van der Waals surface area (Å²) in [6, 6.07) is 25.5. The third-order valence-corrected chi connectivity index (χ3v) is 5.61. The molecule has 3 aromatic rings. The molecule has 1 aliphatic carbocycles. The molecule has 0 bridgehead atoms. The van der Waals surface area contributed by atoms with Gasteiger partial charge in [-0.05, 0) is 74.5 Å². The standard InChI is InChI=1S/C27H21ClN6.C2H6/c1-17(2)31-23-15-26-24(14-22(23)33-27-18(16-29)6-5-13-30-27)32-21-7-3-4-8-25(21)34(26)20-11-9-19(28)10-12-20;1-2/h3-15,17H,1-2H3,(H,30,33);1-2H3. The molecule has 7 heteroatoms. The summed E-state index contributed by atoms with van der Waals surface area (Å²) in [5.74, 6) is 0.482. The molecule has 36 heavy (non-hydrogen) atoms. The van der Waals surface area contributed by atoms with E-state index in [9.17, 15) is 5.26 Å². The van der Waals surface area contributed by atoms with E-state index < -0.39 is 0 Å². The Morgan fingerprint density at radius 1 is 1.00 bits per heavy atom. The Morgan fingerprint density at radius 3 is 2.47 bits per heavy atom. The zero-order valence-electron chi connectivity index (χ0n) is 20.7. The SMILES string of the molecule is CC.CC(C)N=c1cc2n(-c3ccc(Cl)cc3)c3ccccc3nc-2cc1Nc1ncccc1C#N. The van der Waals surface area contributed by atoms with Gasteiger partial charge in [-0.2, -0.15) is 5.26 Å². The van der Waals surface area contributed by atoms with Gasteiger partial charge in [0.1, 0.15) is 11.9 Å². The molecule has 1 aliphatic heterocycles. The van der Waals surface area contributed by atoms with Crippen LogP contribution in [0.2, 0.25) is 5.02 Å². The highest BCUT2D eigenvalue weighted by molar-refractivity contribution is 6.30. The van der Waals surface area contributed by atoms with Gasteiger partial charge in [0.05, 0.1) is 39.0 Å². The van der Waals surface area contributed by atoms with Crippen LogP contribution in [0.4, 0.5) is 11.5 Å². The van der Waals surface area contributed by atoms with Crippen LogP contribution >= 0.6 is 11.6 Å². The highest BCUT2D eigenvalue weighted by Crippen LogP contribution is 2.31.